The van der Waals surface area contributed by atoms with Crippen molar-refractivity contribution < 1.29 is 28.7 Å². The second kappa shape index (κ2) is 6.31. The molecule has 1 saturated heterocycles. The third kappa shape index (κ3) is 2.48. The van der Waals surface area contributed by atoms with Crippen LogP contribution < -0.4 is 0 Å². The molecule has 9 unspecified atom stereocenters. The summed E-state index contributed by atoms with van der Waals surface area (Å²) < 4.78 is 10.7. The normalized spacial score (nSPS) is 44.4. The number of carbonyl (C=O) groups is 3. The van der Waals surface area contributed by atoms with E-state index in [1.807, 2.05) is 0 Å². The van der Waals surface area contributed by atoms with Gasteiger partial charge in [-0.25, -0.2) is 9.86 Å². The van der Waals surface area contributed by atoms with E-state index in [0.717, 1.165) is 19.3 Å². The summed E-state index contributed by atoms with van der Waals surface area (Å²) in [5, 5.41) is 1.51. The first-order valence-electron chi connectivity index (χ1n) is 10.3. The minimum atomic E-state index is -0.554. The molecule has 7 nitrogen and oxygen atoms in total. The number of hydrogen-bond donors (Lipinski definition) is 0. The van der Waals surface area contributed by atoms with Gasteiger partial charge in [0.1, 0.15) is 6.10 Å². The molecule has 1 amide bonds. The molecule has 0 aromatic heterocycles. The van der Waals surface area contributed by atoms with Crippen LogP contribution in [0, 0.1) is 41.4 Å². The van der Waals surface area contributed by atoms with Gasteiger partial charge in [-0.1, -0.05) is 6.58 Å². The maximum absolute atomic E-state index is 12.7. The van der Waals surface area contributed by atoms with Crippen LogP contribution >= 0.6 is 0 Å². The molecule has 1 aliphatic heterocycles. The van der Waals surface area contributed by atoms with Crippen LogP contribution in [0.15, 0.2) is 12.2 Å². The summed E-state index contributed by atoms with van der Waals surface area (Å²) in [6.45, 7) is 6.83. The molecule has 152 valence electrons. The van der Waals surface area contributed by atoms with Crippen molar-refractivity contribution in [3.05, 3.63) is 12.2 Å². The van der Waals surface area contributed by atoms with E-state index in [1.165, 1.54) is 12.0 Å². The lowest BCUT2D eigenvalue weighted by Crippen LogP contribution is -2.49. The summed E-state index contributed by atoms with van der Waals surface area (Å²) in [5.41, 5.74) is 0.278. The van der Waals surface area contributed by atoms with Crippen LogP contribution in [-0.4, -0.2) is 48.3 Å². The van der Waals surface area contributed by atoms with Crippen LogP contribution in [0.3, 0.4) is 0 Å². The fourth-order valence-corrected chi connectivity index (χ4v) is 7.38. The number of carbonyl (C=O) groups excluding carboxylic acids is 3. The fourth-order valence-electron chi connectivity index (χ4n) is 7.38. The van der Waals surface area contributed by atoms with E-state index >= 15 is 0 Å². The van der Waals surface area contributed by atoms with Crippen molar-refractivity contribution in [1.29, 1.82) is 0 Å². The Morgan fingerprint density at radius 3 is 2.54 bits per heavy atom. The predicted octanol–water partition coefficient (Wildman–Crippen LogP) is 1.72. The standard InChI is InChI=1S/C21H27NO6/c1-9(2)21(25)26-8-17(24)22-20-14-6-12(15(20)7-27-22)19-13-4-11(18(14)19)5-16(13)28-10(3)23/h11-16,18-20H,1,4-8H2,2-3H3. The molecule has 0 aromatic carbocycles. The van der Waals surface area contributed by atoms with Crippen molar-refractivity contribution in [3.63, 3.8) is 0 Å². The Kier molecular flexibility index (Phi) is 4.09. The van der Waals surface area contributed by atoms with Crippen LogP contribution in [-0.2, 0) is 28.7 Å². The average molecular weight is 389 g/mol. The van der Waals surface area contributed by atoms with Gasteiger partial charge in [0.25, 0.3) is 5.91 Å². The summed E-state index contributed by atoms with van der Waals surface area (Å²) in [7, 11) is 0. The van der Waals surface area contributed by atoms with Gasteiger partial charge < -0.3 is 9.47 Å². The number of hydrogen-bond acceptors (Lipinski definition) is 6. The third-order valence-electron chi connectivity index (χ3n) is 7.95. The summed E-state index contributed by atoms with van der Waals surface area (Å²) in [5.74, 6) is 2.52. The van der Waals surface area contributed by atoms with Crippen molar-refractivity contribution >= 4 is 17.8 Å². The molecule has 5 fully saturated rings. The van der Waals surface area contributed by atoms with E-state index in [0.29, 0.717) is 48.0 Å². The van der Waals surface area contributed by atoms with Gasteiger partial charge in [0, 0.05) is 18.4 Å². The zero-order valence-electron chi connectivity index (χ0n) is 16.3. The quantitative estimate of drug-likeness (QED) is 0.414. The Morgan fingerprint density at radius 1 is 1.04 bits per heavy atom. The second-order valence-corrected chi connectivity index (χ2v) is 9.29. The summed E-state index contributed by atoms with van der Waals surface area (Å²) >= 11 is 0. The summed E-state index contributed by atoms with van der Waals surface area (Å²) in [6, 6.07) is 0.0915. The smallest absolute Gasteiger partial charge is 0.333 e. The van der Waals surface area contributed by atoms with Gasteiger partial charge in [-0.05, 0) is 61.7 Å². The molecule has 4 aliphatic carbocycles. The highest BCUT2D eigenvalue weighted by molar-refractivity contribution is 5.89. The molecule has 28 heavy (non-hydrogen) atoms. The predicted molar refractivity (Wildman–Crippen MR) is 96.2 cm³/mol. The zero-order valence-corrected chi connectivity index (χ0v) is 16.3. The minimum absolute atomic E-state index is 0.0724. The molecule has 5 rings (SSSR count). The zero-order chi connectivity index (χ0) is 19.7. The number of fused-ring (bicyclic) bond motifs is 12. The van der Waals surface area contributed by atoms with E-state index < -0.39 is 5.97 Å². The maximum atomic E-state index is 12.7. The number of nitrogens with zero attached hydrogens (tertiary/aromatic N) is 1. The van der Waals surface area contributed by atoms with E-state index in [9.17, 15) is 14.4 Å². The van der Waals surface area contributed by atoms with Crippen molar-refractivity contribution in [2.45, 2.75) is 45.3 Å². The Bertz CT molecular complexity index is 749. The van der Waals surface area contributed by atoms with Crippen LogP contribution in [0.5, 0.6) is 0 Å². The average Bonchev–Trinajstić information content (AvgIpc) is 3.39. The number of ether oxygens (including phenoxy) is 2. The van der Waals surface area contributed by atoms with Crippen molar-refractivity contribution in [3.8, 4) is 0 Å². The molecule has 0 spiro atoms. The Labute approximate surface area is 164 Å². The third-order valence-corrected chi connectivity index (χ3v) is 7.95. The molecular formula is C21H27NO6. The Hall–Kier alpha value is -1.89. The summed E-state index contributed by atoms with van der Waals surface area (Å²) in [4.78, 5) is 41.5. The van der Waals surface area contributed by atoms with Crippen molar-refractivity contribution in [2.75, 3.05) is 13.2 Å². The SMILES string of the molecule is C=C(C)C(=O)OCC(=O)N1OCC2C3CC(C4C5CC(OC(C)=O)C(C5)C34)C21. The number of hydroxylamine groups is 2. The molecule has 4 saturated carbocycles. The van der Waals surface area contributed by atoms with E-state index in [-0.39, 0.29) is 36.2 Å². The highest BCUT2D eigenvalue weighted by atomic mass is 16.7. The van der Waals surface area contributed by atoms with Crippen molar-refractivity contribution in [2.24, 2.45) is 41.4 Å². The lowest BCUT2D eigenvalue weighted by atomic mass is 9.65. The van der Waals surface area contributed by atoms with E-state index in [4.69, 9.17) is 14.3 Å². The van der Waals surface area contributed by atoms with E-state index in [1.54, 1.807) is 6.92 Å². The number of rotatable bonds is 4. The minimum Gasteiger partial charge on any atom is -0.462 e. The first kappa shape index (κ1) is 18.2. The highest BCUT2D eigenvalue weighted by Crippen LogP contribution is 2.70. The molecule has 9 atom stereocenters. The van der Waals surface area contributed by atoms with Gasteiger partial charge in [-0.3, -0.25) is 14.4 Å². The molecule has 0 N–H and O–H groups in total. The van der Waals surface area contributed by atoms with Gasteiger partial charge in [0.15, 0.2) is 6.61 Å². The Morgan fingerprint density at radius 2 is 1.82 bits per heavy atom. The monoisotopic (exact) mass is 389 g/mol. The number of amides is 1. The molecule has 1 heterocycles. The van der Waals surface area contributed by atoms with Gasteiger partial charge in [-0.15, -0.1) is 0 Å². The van der Waals surface area contributed by atoms with Crippen LogP contribution in [0.2, 0.25) is 0 Å². The van der Waals surface area contributed by atoms with Crippen molar-refractivity contribution in [1.82, 2.24) is 5.06 Å². The first-order chi connectivity index (χ1) is 13.4. The van der Waals surface area contributed by atoms with Gasteiger partial charge >= 0.3 is 11.9 Å². The van der Waals surface area contributed by atoms with Crippen LogP contribution in [0.25, 0.3) is 0 Å². The number of esters is 2. The molecule has 5 aliphatic rings. The molecule has 4 bridgehead atoms. The fraction of sp³-hybridized carbons (Fsp3) is 0.762. The second-order valence-electron chi connectivity index (χ2n) is 9.29. The van der Waals surface area contributed by atoms with E-state index in [2.05, 4.69) is 6.58 Å². The lowest BCUT2D eigenvalue weighted by Gasteiger charge is -2.43. The largest absolute Gasteiger partial charge is 0.462 e. The van der Waals surface area contributed by atoms with Gasteiger partial charge in [0.05, 0.1) is 12.6 Å². The Balaban J connectivity index is 1.29. The first-order valence-corrected chi connectivity index (χ1v) is 10.3. The maximum Gasteiger partial charge on any atom is 0.333 e. The van der Waals surface area contributed by atoms with Gasteiger partial charge in [-0.2, -0.15) is 0 Å². The molecular weight excluding hydrogens is 362 g/mol. The van der Waals surface area contributed by atoms with Gasteiger partial charge in [0.2, 0.25) is 0 Å². The van der Waals surface area contributed by atoms with Crippen LogP contribution in [0.1, 0.15) is 33.1 Å². The molecule has 7 heteroatoms. The molecule has 0 aromatic rings. The summed E-state index contributed by atoms with van der Waals surface area (Å²) in [6.07, 6.45) is 3.30. The highest BCUT2D eigenvalue weighted by Gasteiger charge is 2.70. The lowest BCUT2D eigenvalue weighted by molar-refractivity contribution is -0.187. The topological polar surface area (TPSA) is 82.1 Å². The van der Waals surface area contributed by atoms with Crippen LogP contribution in [0.4, 0.5) is 0 Å². The molecule has 0 radical (unpaired) electrons.